The van der Waals surface area contributed by atoms with Crippen molar-refractivity contribution in [1.29, 1.82) is 0 Å². The molecule has 2 rings (SSSR count). The standard InChI is InChI=1S/C16H18N2/c1-3-4-5-8-13-10-11-14-9-6-7-12-18-16(14)15(13)17-2/h3-6,8-12,17H,7H2,1-2H3. The third-order valence-electron chi connectivity index (χ3n) is 2.83. The molecule has 0 radical (unpaired) electrons. The van der Waals surface area contributed by atoms with Crippen LogP contribution in [0, 0.1) is 0 Å². The van der Waals surface area contributed by atoms with Gasteiger partial charge in [-0.15, -0.1) is 0 Å². The lowest BCUT2D eigenvalue weighted by molar-refractivity contribution is 1.42. The van der Waals surface area contributed by atoms with E-state index >= 15 is 0 Å². The van der Waals surface area contributed by atoms with Crippen molar-refractivity contribution in [3.63, 3.8) is 0 Å². The Morgan fingerprint density at radius 3 is 2.94 bits per heavy atom. The minimum atomic E-state index is 0.890. The molecule has 0 aliphatic carbocycles. The van der Waals surface area contributed by atoms with Gasteiger partial charge in [0.05, 0.1) is 11.4 Å². The van der Waals surface area contributed by atoms with Gasteiger partial charge in [-0.05, 0) is 12.5 Å². The van der Waals surface area contributed by atoms with E-state index in [0.29, 0.717) is 0 Å². The number of rotatable bonds is 3. The Morgan fingerprint density at radius 1 is 1.28 bits per heavy atom. The van der Waals surface area contributed by atoms with Crippen LogP contribution >= 0.6 is 0 Å². The zero-order valence-corrected chi connectivity index (χ0v) is 10.9. The van der Waals surface area contributed by atoms with Crippen LogP contribution in [0.2, 0.25) is 0 Å². The fourth-order valence-electron chi connectivity index (χ4n) is 1.97. The number of nitrogens with one attached hydrogen (secondary N) is 1. The minimum Gasteiger partial charge on any atom is -0.386 e. The second kappa shape index (κ2) is 6.01. The number of hydrogen-bond acceptors (Lipinski definition) is 2. The van der Waals surface area contributed by atoms with Gasteiger partial charge in [0.1, 0.15) is 0 Å². The number of nitrogens with zero attached hydrogens (tertiary/aromatic N) is 1. The molecule has 1 aliphatic heterocycles. The summed E-state index contributed by atoms with van der Waals surface area (Å²) in [6.07, 6.45) is 15.3. The highest BCUT2D eigenvalue weighted by Gasteiger charge is 2.09. The summed E-state index contributed by atoms with van der Waals surface area (Å²) in [5.41, 5.74) is 4.42. The molecule has 0 amide bonds. The fraction of sp³-hybridized carbons (Fsp3) is 0.188. The van der Waals surface area contributed by atoms with E-state index in [0.717, 1.165) is 28.9 Å². The van der Waals surface area contributed by atoms with Gasteiger partial charge in [-0.25, -0.2) is 0 Å². The normalized spacial score (nSPS) is 14.1. The summed E-state index contributed by atoms with van der Waals surface area (Å²) >= 11 is 0. The van der Waals surface area contributed by atoms with Crippen LogP contribution in [0.1, 0.15) is 24.5 Å². The molecule has 0 aromatic heterocycles. The Kier molecular flexibility index (Phi) is 4.13. The van der Waals surface area contributed by atoms with Gasteiger partial charge in [0.15, 0.2) is 0 Å². The second-order valence-corrected chi connectivity index (χ2v) is 4.05. The first-order valence-electron chi connectivity index (χ1n) is 6.20. The Morgan fingerprint density at radius 2 is 2.17 bits per heavy atom. The third kappa shape index (κ3) is 2.59. The average molecular weight is 238 g/mol. The van der Waals surface area contributed by atoms with Gasteiger partial charge in [0, 0.05) is 25.2 Å². The zero-order valence-electron chi connectivity index (χ0n) is 10.9. The predicted molar refractivity (Wildman–Crippen MR) is 81.6 cm³/mol. The van der Waals surface area contributed by atoms with Crippen LogP contribution in [0.15, 0.2) is 41.4 Å². The van der Waals surface area contributed by atoms with Crippen LogP contribution in [0.5, 0.6) is 0 Å². The number of anilines is 1. The molecule has 1 heterocycles. The van der Waals surface area contributed by atoms with Gasteiger partial charge in [0.25, 0.3) is 0 Å². The maximum Gasteiger partial charge on any atom is 0.0935 e. The molecule has 2 heteroatoms. The molecule has 1 N–H and O–H groups in total. The lowest BCUT2D eigenvalue weighted by atomic mass is 10.0. The van der Waals surface area contributed by atoms with Crippen molar-refractivity contribution in [3.05, 3.63) is 47.6 Å². The Labute approximate surface area is 108 Å². The first-order valence-corrected chi connectivity index (χ1v) is 6.20. The van der Waals surface area contributed by atoms with Crippen LogP contribution in [0.25, 0.3) is 12.2 Å². The van der Waals surface area contributed by atoms with Crippen molar-refractivity contribution >= 4 is 29.7 Å². The van der Waals surface area contributed by atoms with Crippen molar-refractivity contribution in [2.24, 2.45) is 4.99 Å². The highest BCUT2D eigenvalue weighted by atomic mass is 14.9. The largest absolute Gasteiger partial charge is 0.386 e. The summed E-state index contributed by atoms with van der Waals surface area (Å²) in [5, 5.41) is 3.26. The molecule has 0 unspecified atom stereocenters. The molecule has 1 aromatic carbocycles. The van der Waals surface area contributed by atoms with Crippen molar-refractivity contribution in [2.45, 2.75) is 13.3 Å². The average Bonchev–Trinajstić information content (AvgIpc) is 2.64. The quantitative estimate of drug-likeness (QED) is 0.774. The van der Waals surface area contributed by atoms with E-state index in [9.17, 15) is 0 Å². The molecule has 2 nitrogen and oxygen atoms in total. The fourth-order valence-corrected chi connectivity index (χ4v) is 1.97. The molecule has 0 saturated carbocycles. The summed E-state index contributed by atoms with van der Waals surface area (Å²) in [7, 11) is 1.94. The Balaban J connectivity index is 2.50. The molecule has 0 spiro atoms. The SMILES string of the molecule is CC=CC=Cc1ccc2c(c1NC)N=CCC=C2. The molecule has 1 aliphatic rings. The molecule has 0 atom stereocenters. The minimum absolute atomic E-state index is 0.890. The Bertz CT molecular complexity index is 534. The molecule has 18 heavy (non-hydrogen) atoms. The third-order valence-corrected chi connectivity index (χ3v) is 2.83. The summed E-state index contributed by atoms with van der Waals surface area (Å²) in [5.74, 6) is 0. The van der Waals surface area contributed by atoms with E-state index in [2.05, 4.69) is 40.7 Å². The molecular formula is C16H18N2. The van der Waals surface area contributed by atoms with Gasteiger partial charge in [-0.3, -0.25) is 4.99 Å². The van der Waals surface area contributed by atoms with Crippen molar-refractivity contribution in [3.8, 4) is 0 Å². The first-order chi connectivity index (χ1) is 8.86. The van der Waals surface area contributed by atoms with Gasteiger partial charge in [0.2, 0.25) is 0 Å². The number of fused-ring (bicyclic) bond motifs is 1. The number of hydrogen-bond donors (Lipinski definition) is 1. The van der Waals surface area contributed by atoms with Gasteiger partial charge in [-0.1, -0.05) is 48.6 Å². The molecular weight excluding hydrogens is 220 g/mol. The van der Waals surface area contributed by atoms with Crippen molar-refractivity contribution in [1.82, 2.24) is 0 Å². The number of benzene rings is 1. The van der Waals surface area contributed by atoms with Crippen LogP contribution < -0.4 is 5.32 Å². The highest BCUT2D eigenvalue weighted by Crippen LogP contribution is 2.35. The van der Waals surface area contributed by atoms with Crippen LogP contribution in [0.3, 0.4) is 0 Å². The zero-order chi connectivity index (χ0) is 12.8. The molecule has 0 bridgehead atoms. The molecule has 0 fully saturated rings. The van der Waals surface area contributed by atoms with E-state index in [-0.39, 0.29) is 0 Å². The lowest BCUT2D eigenvalue weighted by Gasteiger charge is -2.11. The van der Waals surface area contributed by atoms with Crippen LogP contribution in [0.4, 0.5) is 11.4 Å². The van der Waals surface area contributed by atoms with E-state index in [4.69, 9.17) is 0 Å². The van der Waals surface area contributed by atoms with E-state index in [1.807, 2.05) is 38.4 Å². The van der Waals surface area contributed by atoms with E-state index < -0.39 is 0 Å². The van der Waals surface area contributed by atoms with Crippen molar-refractivity contribution in [2.75, 3.05) is 12.4 Å². The highest BCUT2D eigenvalue weighted by molar-refractivity contribution is 5.88. The summed E-state index contributed by atoms with van der Waals surface area (Å²) < 4.78 is 0. The smallest absolute Gasteiger partial charge is 0.0935 e. The van der Waals surface area contributed by atoms with Gasteiger partial charge in [-0.2, -0.15) is 0 Å². The van der Waals surface area contributed by atoms with Crippen molar-refractivity contribution < 1.29 is 0 Å². The maximum absolute atomic E-state index is 4.54. The second-order valence-electron chi connectivity index (χ2n) is 4.05. The molecule has 1 aromatic rings. The van der Waals surface area contributed by atoms with Gasteiger partial charge < -0.3 is 5.32 Å². The molecule has 0 saturated heterocycles. The lowest BCUT2D eigenvalue weighted by Crippen LogP contribution is -1.93. The predicted octanol–water partition coefficient (Wildman–Crippen LogP) is 4.44. The topological polar surface area (TPSA) is 24.4 Å². The van der Waals surface area contributed by atoms with Gasteiger partial charge >= 0.3 is 0 Å². The summed E-state index contributed by atoms with van der Waals surface area (Å²) in [6.45, 7) is 2.01. The number of aliphatic imine (C=N–C) groups is 1. The molecule has 92 valence electrons. The van der Waals surface area contributed by atoms with E-state index in [1.54, 1.807) is 0 Å². The number of allylic oxidation sites excluding steroid dienone is 4. The monoisotopic (exact) mass is 238 g/mol. The Hall–Kier alpha value is -2.09. The maximum atomic E-state index is 4.54. The first kappa shape index (κ1) is 12.4. The van der Waals surface area contributed by atoms with E-state index in [1.165, 1.54) is 0 Å². The summed E-state index contributed by atoms with van der Waals surface area (Å²) in [4.78, 5) is 4.54. The van der Waals surface area contributed by atoms with Crippen LogP contribution in [-0.4, -0.2) is 13.3 Å². The summed E-state index contributed by atoms with van der Waals surface area (Å²) in [6, 6.07) is 4.24. The van der Waals surface area contributed by atoms with Crippen LogP contribution in [-0.2, 0) is 0 Å².